The highest BCUT2D eigenvalue weighted by molar-refractivity contribution is 5.32. The Morgan fingerprint density at radius 2 is 1.59 bits per heavy atom. The van der Waals surface area contributed by atoms with Crippen LogP contribution in [0.1, 0.15) is 91.9 Å². The van der Waals surface area contributed by atoms with Gasteiger partial charge >= 0.3 is 0 Å². The molecule has 4 fully saturated rings. The van der Waals surface area contributed by atoms with Gasteiger partial charge in [0.2, 0.25) is 0 Å². The summed E-state index contributed by atoms with van der Waals surface area (Å²) >= 11 is 0. The summed E-state index contributed by atoms with van der Waals surface area (Å²) in [4.78, 5) is 0. The SMILES string of the molecule is CCCCC(C)C1CCC2[C]3C(OCCO)C[C]4CC(OCCO)CCC4(C)C3CC(OCCO)C21C. The van der Waals surface area contributed by atoms with E-state index in [-0.39, 0.29) is 49.0 Å². The molecule has 0 amide bonds. The molecule has 0 saturated heterocycles. The Labute approximate surface area is 225 Å². The molecule has 0 spiro atoms. The fourth-order valence-corrected chi connectivity index (χ4v) is 9.24. The van der Waals surface area contributed by atoms with Crippen molar-refractivity contribution >= 4 is 0 Å². The topological polar surface area (TPSA) is 88.4 Å². The Hall–Kier alpha value is -0.240. The molecule has 4 rings (SSSR count). The van der Waals surface area contributed by atoms with Gasteiger partial charge in [0.1, 0.15) is 0 Å². The molecule has 37 heavy (non-hydrogen) atoms. The van der Waals surface area contributed by atoms with E-state index in [0.717, 1.165) is 32.1 Å². The molecule has 6 heteroatoms. The maximum Gasteiger partial charge on any atom is 0.0701 e. The average molecular weight is 523 g/mol. The second-order valence-corrected chi connectivity index (χ2v) is 12.9. The Morgan fingerprint density at radius 3 is 2.30 bits per heavy atom. The fraction of sp³-hybridized carbons (Fsp3) is 0.935. The van der Waals surface area contributed by atoms with E-state index in [0.29, 0.717) is 43.5 Å². The lowest BCUT2D eigenvalue weighted by atomic mass is 9.43. The molecule has 0 aromatic heterocycles. The molecule has 9 atom stereocenters. The smallest absolute Gasteiger partial charge is 0.0701 e. The molecule has 0 aromatic rings. The normalized spacial score (nSPS) is 41.3. The lowest BCUT2D eigenvalue weighted by Crippen LogP contribution is -2.62. The molecule has 2 radical (unpaired) electrons. The molecule has 4 saturated carbocycles. The van der Waals surface area contributed by atoms with Gasteiger partial charge in [-0.3, -0.25) is 0 Å². The highest BCUT2D eigenvalue weighted by Crippen LogP contribution is 2.70. The van der Waals surface area contributed by atoms with E-state index in [1.165, 1.54) is 38.0 Å². The zero-order valence-electron chi connectivity index (χ0n) is 23.9. The van der Waals surface area contributed by atoms with Crippen LogP contribution in [0.15, 0.2) is 0 Å². The van der Waals surface area contributed by atoms with Crippen molar-refractivity contribution in [3.63, 3.8) is 0 Å². The van der Waals surface area contributed by atoms with Crippen LogP contribution >= 0.6 is 0 Å². The molecule has 0 aliphatic heterocycles. The number of hydrogen-bond donors (Lipinski definition) is 3. The standard InChI is InChI=1S/C31H54O6/c1-5-6-7-21(2)24-8-9-25-29-26(20-28(31(24,25)4)37-17-14-34)30(3)11-10-23(35-15-12-32)18-22(30)19-27(29)36-16-13-33/h21,23-28,32-34H,5-20H2,1-4H3. The molecule has 9 unspecified atom stereocenters. The Bertz CT molecular complexity index is 703. The van der Waals surface area contributed by atoms with Crippen molar-refractivity contribution < 1.29 is 29.5 Å². The fourth-order valence-electron chi connectivity index (χ4n) is 9.24. The first-order chi connectivity index (χ1) is 17.8. The van der Waals surface area contributed by atoms with Gasteiger partial charge in [0, 0.05) is 11.3 Å². The van der Waals surface area contributed by atoms with E-state index in [1.54, 1.807) is 5.92 Å². The van der Waals surface area contributed by atoms with Crippen LogP contribution in [0, 0.1) is 46.3 Å². The zero-order chi connectivity index (χ0) is 26.6. The predicted octanol–water partition coefficient (Wildman–Crippen LogP) is 4.74. The van der Waals surface area contributed by atoms with Crippen LogP contribution in [0.4, 0.5) is 0 Å². The van der Waals surface area contributed by atoms with Crippen LogP contribution in [0.25, 0.3) is 0 Å². The zero-order valence-corrected chi connectivity index (χ0v) is 23.9. The van der Waals surface area contributed by atoms with E-state index in [2.05, 4.69) is 27.7 Å². The number of hydrogen-bond acceptors (Lipinski definition) is 6. The van der Waals surface area contributed by atoms with Crippen molar-refractivity contribution in [2.45, 2.75) is 110 Å². The van der Waals surface area contributed by atoms with Gasteiger partial charge in [0.15, 0.2) is 0 Å². The van der Waals surface area contributed by atoms with Crippen molar-refractivity contribution in [2.75, 3.05) is 39.6 Å². The molecule has 0 aromatic carbocycles. The predicted molar refractivity (Wildman–Crippen MR) is 145 cm³/mol. The summed E-state index contributed by atoms with van der Waals surface area (Å²) in [5, 5.41) is 28.7. The third-order valence-corrected chi connectivity index (χ3v) is 11.1. The van der Waals surface area contributed by atoms with Crippen molar-refractivity contribution in [2.24, 2.45) is 34.5 Å². The van der Waals surface area contributed by atoms with Gasteiger partial charge < -0.3 is 29.5 Å². The van der Waals surface area contributed by atoms with Crippen LogP contribution in [-0.4, -0.2) is 73.3 Å². The summed E-state index contributed by atoms with van der Waals surface area (Å²) in [6.45, 7) is 11.0. The van der Waals surface area contributed by atoms with E-state index in [4.69, 9.17) is 14.2 Å². The quantitative estimate of drug-likeness (QED) is 0.324. The molecule has 6 nitrogen and oxygen atoms in total. The van der Waals surface area contributed by atoms with Gasteiger partial charge in [-0.2, -0.15) is 0 Å². The lowest BCUT2D eigenvalue weighted by Gasteiger charge is -2.64. The van der Waals surface area contributed by atoms with Crippen LogP contribution in [0.5, 0.6) is 0 Å². The third kappa shape index (κ3) is 5.67. The van der Waals surface area contributed by atoms with Crippen molar-refractivity contribution in [3.05, 3.63) is 11.8 Å². The minimum absolute atomic E-state index is 0.0458. The van der Waals surface area contributed by atoms with Gasteiger partial charge in [-0.15, -0.1) is 0 Å². The summed E-state index contributed by atoms with van der Waals surface area (Å²) in [6, 6.07) is 0. The molecule has 4 aliphatic carbocycles. The first-order valence-electron chi connectivity index (χ1n) is 15.2. The monoisotopic (exact) mass is 522 g/mol. The van der Waals surface area contributed by atoms with E-state index < -0.39 is 0 Å². The second kappa shape index (κ2) is 13.0. The summed E-state index contributed by atoms with van der Waals surface area (Å²) in [5.41, 5.74) is 0.145. The van der Waals surface area contributed by atoms with Crippen LogP contribution < -0.4 is 0 Å². The number of unbranched alkanes of at least 4 members (excludes halogenated alkanes) is 1. The first-order valence-corrected chi connectivity index (χ1v) is 15.2. The highest BCUT2D eigenvalue weighted by Gasteiger charge is 2.67. The Morgan fingerprint density at radius 1 is 0.892 bits per heavy atom. The lowest BCUT2D eigenvalue weighted by molar-refractivity contribution is -0.156. The van der Waals surface area contributed by atoms with E-state index in [9.17, 15) is 15.3 Å². The van der Waals surface area contributed by atoms with Crippen molar-refractivity contribution in [1.29, 1.82) is 0 Å². The van der Waals surface area contributed by atoms with Crippen LogP contribution in [-0.2, 0) is 14.2 Å². The van der Waals surface area contributed by atoms with Gasteiger partial charge in [-0.1, -0.05) is 47.0 Å². The molecule has 4 aliphatic rings. The van der Waals surface area contributed by atoms with E-state index >= 15 is 0 Å². The molecule has 0 bridgehead atoms. The van der Waals surface area contributed by atoms with Crippen LogP contribution in [0.2, 0.25) is 0 Å². The van der Waals surface area contributed by atoms with Crippen molar-refractivity contribution in [3.8, 4) is 0 Å². The van der Waals surface area contributed by atoms with Crippen LogP contribution in [0.3, 0.4) is 0 Å². The van der Waals surface area contributed by atoms with E-state index in [1.807, 2.05) is 0 Å². The van der Waals surface area contributed by atoms with Gasteiger partial charge in [-0.25, -0.2) is 0 Å². The molecule has 214 valence electrons. The van der Waals surface area contributed by atoms with Gasteiger partial charge in [0.25, 0.3) is 0 Å². The molecular weight excluding hydrogens is 468 g/mol. The van der Waals surface area contributed by atoms with Gasteiger partial charge in [0.05, 0.1) is 58.0 Å². The van der Waals surface area contributed by atoms with Gasteiger partial charge in [-0.05, 0) is 80.0 Å². The summed E-state index contributed by atoms with van der Waals surface area (Å²) in [6.07, 6.45) is 11.5. The molecule has 3 N–H and O–H groups in total. The second-order valence-electron chi connectivity index (χ2n) is 12.9. The summed E-state index contributed by atoms with van der Waals surface area (Å²) < 4.78 is 19.1. The minimum Gasteiger partial charge on any atom is -0.394 e. The number of rotatable bonds is 13. The molecule has 0 heterocycles. The largest absolute Gasteiger partial charge is 0.394 e. The number of aliphatic hydroxyl groups is 3. The average Bonchev–Trinajstić information content (AvgIpc) is 3.26. The minimum atomic E-state index is 0.0458. The number of ether oxygens (including phenoxy) is 3. The number of fused-ring (bicyclic) bond motifs is 5. The molecular formula is C31H54O6. The maximum absolute atomic E-state index is 9.71. The first kappa shape index (κ1) is 29.7. The Kier molecular flexibility index (Phi) is 10.4. The Balaban J connectivity index is 1.66. The number of aliphatic hydroxyl groups excluding tert-OH is 3. The summed E-state index contributed by atoms with van der Waals surface area (Å²) in [5.74, 6) is 5.25. The maximum atomic E-state index is 9.71. The summed E-state index contributed by atoms with van der Waals surface area (Å²) in [7, 11) is 0. The highest BCUT2D eigenvalue weighted by atomic mass is 16.5. The third-order valence-electron chi connectivity index (χ3n) is 11.1. The van der Waals surface area contributed by atoms with Crippen molar-refractivity contribution in [1.82, 2.24) is 0 Å².